The zero-order valence-corrected chi connectivity index (χ0v) is 11.9. The zero-order chi connectivity index (χ0) is 3.58. The van der Waals surface area contributed by atoms with E-state index < -0.39 is 6.16 Å². The van der Waals surface area contributed by atoms with Crippen LogP contribution in [0.2, 0.25) is 0 Å². The minimum atomic E-state index is -2.33. The van der Waals surface area contributed by atoms with E-state index in [2.05, 4.69) is 0 Å². The van der Waals surface area contributed by atoms with Crippen LogP contribution in [0.4, 0.5) is 4.79 Å². The molecule has 0 spiro atoms. The van der Waals surface area contributed by atoms with Gasteiger partial charge in [-0.1, -0.05) is 0 Å². The van der Waals surface area contributed by atoms with Gasteiger partial charge < -0.3 is 15.0 Å². The van der Waals surface area contributed by atoms with Crippen LogP contribution < -0.4 is 10.2 Å². The summed E-state index contributed by atoms with van der Waals surface area (Å²) in [5, 5.41) is 16.7. The molecule has 0 radical (unpaired) electrons. The van der Waals surface area contributed by atoms with Gasteiger partial charge in [0, 0.05) is 0 Å². The molecule has 0 fully saturated rings. The van der Waals surface area contributed by atoms with Crippen LogP contribution in [0.25, 0.3) is 0 Å². The van der Waals surface area contributed by atoms with E-state index in [-0.39, 0.29) is 110 Å². The van der Waals surface area contributed by atoms with Crippen LogP contribution >= 0.6 is 0 Å². The molecular weight excluding hydrogens is 262 g/mol. The SMILES string of the molecule is O=C([O-])[O-].[Ba+2].[Ca+2].[Mg+2]. The summed E-state index contributed by atoms with van der Waals surface area (Å²) in [4.78, 5) is 8.33. The monoisotopic (exact) mass is 262 g/mol. The Hall–Kier alpha value is 2.87. The molecule has 0 rings (SSSR count). The maximum atomic E-state index is 8.33. The Morgan fingerprint density at radius 1 is 1.29 bits per heavy atom. The van der Waals surface area contributed by atoms with Gasteiger partial charge in [-0.05, 0) is 6.16 Å². The van der Waals surface area contributed by atoms with Crippen molar-refractivity contribution in [3.63, 3.8) is 0 Å². The van der Waals surface area contributed by atoms with Gasteiger partial charge in [-0.15, -0.1) is 0 Å². The Morgan fingerprint density at radius 3 is 1.29 bits per heavy atom. The average Bonchev–Trinajstić information content (AvgIpc) is 0.811. The second-order valence-electron chi connectivity index (χ2n) is 0.250. The normalized spacial score (nSPS) is 3.43. The molecule has 0 bridgehead atoms. The molecule has 0 aliphatic carbocycles. The second-order valence-corrected chi connectivity index (χ2v) is 0.250. The van der Waals surface area contributed by atoms with Crippen molar-refractivity contribution in [3.8, 4) is 0 Å². The zero-order valence-electron chi connectivity index (χ0n) is 3.85. The van der Waals surface area contributed by atoms with Crippen molar-refractivity contribution in [1.82, 2.24) is 0 Å². The molecule has 6 heteroatoms. The molecule has 0 aromatic heterocycles. The summed E-state index contributed by atoms with van der Waals surface area (Å²) in [6.45, 7) is 0. The smallest absolute Gasteiger partial charge is 0.652 e. The number of hydrogen-bond donors (Lipinski definition) is 0. The molecule has 0 heterocycles. The maximum absolute atomic E-state index is 8.33. The molecule has 0 aromatic carbocycles. The van der Waals surface area contributed by atoms with Crippen LogP contribution in [-0.2, 0) is 0 Å². The standard InChI is InChI=1S/CH2O3.Ba.Ca.Mg/c2-1(3)4;;;/h(H2,2,3,4);;;/q;3*+2/p-2. The predicted octanol–water partition coefficient (Wildman–Crippen LogP) is -3.59. The average molecular weight is 262 g/mol. The van der Waals surface area contributed by atoms with Crippen molar-refractivity contribution >= 4 is 116 Å². The minimum absolute atomic E-state index is 0. The molecule has 24 valence electrons. The van der Waals surface area contributed by atoms with E-state index in [1.807, 2.05) is 0 Å². The van der Waals surface area contributed by atoms with Crippen molar-refractivity contribution in [2.75, 3.05) is 0 Å². The van der Waals surface area contributed by atoms with Gasteiger partial charge in [-0.2, -0.15) is 0 Å². The van der Waals surface area contributed by atoms with Crippen molar-refractivity contribution in [3.05, 3.63) is 0 Å². The summed E-state index contributed by atoms with van der Waals surface area (Å²) in [6.07, 6.45) is -2.33. The molecule has 7 heavy (non-hydrogen) atoms. The minimum Gasteiger partial charge on any atom is -0.652 e. The fraction of sp³-hybridized carbons (Fsp3) is 0. The van der Waals surface area contributed by atoms with Crippen molar-refractivity contribution in [1.29, 1.82) is 0 Å². The number of carboxylic acid groups (broad SMARTS) is 2. The maximum Gasteiger partial charge on any atom is 2.00 e. The predicted molar refractivity (Wildman–Crippen MR) is 22.7 cm³/mol. The van der Waals surface area contributed by atoms with Crippen molar-refractivity contribution in [2.45, 2.75) is 0 Å². The quantitative estimate of drug-likeness (QED) is 0.424. The first-order valence-electron chi connectivity index (χ1n) is 0.612. The Morgan fingerprint density at radius 2 is 1.29 bits per heavy atom. The van der Waals surface area contributed by atoms with Crippen LogP contribution in [0.1, 0.15) is 0 Å². The largest absolute Gasteiger partial charge is 2.00 e. The van der Waals surface area contributed by atoms with Gasteiger partial charge >= 0.3 is 110 Å². The van der Waals surface area contributed by atoms with Crippen molar-refractivity contribution in [2.24, 2.45) is 0 Å². The van der Waals surface area contributed by atoms with Crippen LogP contribution in [0, 0.1) is 0 Å². The van der Waals surface area contributed by atoms with Gasteiger partial charge in [-0.3, -0.25) is 0 Å². The van der Waals surface area contributed by atoms with Gasteiger partial charge in [0.15, 0.2) is 0 Å². The summed E-state index contributed by atoms with van der Waals surface area (Å²) in [7, 11) is 0. The number of rotatable bonds is 0. The van der Waals surface area contributed by atoms with Crippen LogP contribution in [0.15, 0.2) is 0 Å². The molecular formula is CBaCaMgO3+4. The molecule has 0 aromatic rings. The molecule has 3 nitrogen and oxygen atoms in total. The third-order valence-electron chi connectivity index (χ3n) is 0. The van der Waals surface area contributed by atoms with E-state index in [9.17, 15) is 0 Å². The fourth-order valence-electron chi connectivity index (χ4n) is 0. The summed E-state index contributed by atoms with van der Waals surface area (Å²) < 4.78 is 0. The van der Waals surface area contributed by atoms with E-state index >= 15 is 0 Å². The summed E-state index contributed by atoms with van der Waals surface area (Å²) in [6, 6.07) is 0. The van der Waals surface area contributed by atoms with E-state index in [4.69, 9.17) is 15.0 Å². The summed E-state index contributed by atoms with van der Waals surface area (Å²) in [5.41, 5.74) is 0. The van der Waals surface area contributed by atoms with E-state index in [0.717, 1.165) is 0 Å². The van der Waals surface area contributed by atoms with Gasteiger partial charge in [0.05, 0.1) is 0 Å². The Bertz CT molecular complexity index is 37.9. The van der Waals surface area contributed by atoms with Crippen LogP contribution in [0.5, 0.6) is 0 Å². The first-order valence-corrected chi connectivity index (χ1v) is 0.612. The number of carbonyl (C=O) groups is 1. The third-order valence-corrected chi connectivity index (χ3v) is 0. The first kappa shape index (κ1) is 22.5. The topological polar surface area (TPSA) is 63.2 Å². The third kappa shape index (κ3) is 50.9. The Balaban J connectivity index is -0.0000000150. The van der Waals surface area contributed by atoms with Gasteiger partial charge in [0.2, 0.25) is 0 Å². The van der Waals surface area contributed by atoms with Gasteiger partial charge in [0.1, 0.15) is 0 Å². The summed E-state index contributed by atoms with van der Waals surface area (Å²) in [5.74, 6) is 0. The second kappa shape index (κ2) is 15.9. The molecule has 0 atom stereocenters. The van der Waals surface area contributed by atoms with Gasteiger partial charge in [-0.25, -0.2) is 0 Å². The molecule has 0 saturated heterocycles. The van der Waals surface area contributed by atoms with E-state index in [0.29, 0.717) is 0 Å². The van der Waals surface area contributed by atoms with Gasteiger partial charge in [0.25, 0.3) is 0 Å². The first-order chi connectivity index (χ1) is 1.73. The Kier molecular flexibility index (Phi) is 51.3. The van der Waals surface area contributed by atoms with Crippen LogP contribution in [0.3, 0.4) is 0 Å². The molecule has 0 unspecified atom stereocenters. The molecule has 0 amide bonds. The molecule has 0 aliphatic heterocycles. The Labute approximate surface area is 127 Å². The summed E-state index contributed by atoms with van der Waals surface area (Å²) >= 11 is 0. The molecule has 0 aliphatic rings. The van der Waals surface area contributed by atoms with Crippen LogP contribution in [-0.4, -0.2) is 116 Å². The van der Waals surface area contributed by atoms with E-state index in [1.165, 1.54) is 0 Å². The number of carbonyl (C=O) groups excluding carboxylic acids is 1. The number of hydrogen-bond acceptors (Lipinski definition) is 3. The van der Waals surface area contributed by atoms with Crippen molar-refractivity contribution < 1.29 is 15.0 Å². The molecule has 0 N–H and O–H groups in total. The fourth-order valence-corrected chi connectivity index (χ4v) is 0. The van der Waals surface area contributed by atoms with E-state index in [1.54, 1.807) is 0 Å². The molecule has 0 saturated carbocycles.